The molecule has 1 atom stereocenters. The van der Waals surface area contributed by atoms with Crippen LogP contribution < -0.4 is 5.32 Å². The van der Waals surface area contributed by atoms with Crippen molar-refractivity contribution in [2.45, 2.75) is 25.6 Å². The lowest BCUT2D eigenvalue weighted by Crippen LogP contribution is -2.55. The highest BCUT2D eigenvalue weighted by Crippen LogP contribution is 2.16. The van der Waals surface area contributed by atoms with Gasteiger partial charge >= 0.3 is 0 Å². The van der Waals surface area contributed by atoms with E-state index in [1.165, 1.54) is 0 Å². The second-order valence-corrected chi connectivity index (χ2v) is 7.75. The van der Waals surface area contributed by atoms with Crippen LogP contribution in [0.4, 0.5) is 0 Å². The summed E-state index contributed by atoms with van der Waals surface area (Å²) in [6, 6.07) is 17.3. The molecular formula is C21H25BrClN3O2. The van der Waals surface area contributed by atoms with Gasteiger partial charge in [0.25, 0.3) is 0 Å². The molecule has 0 aliphatic carbocycles. The molecule has 28 heavy (non-hydrogen) atoms. The molecule has 0 spiro atoms. The van der Waals surface area contributed by atoms with E-state index in [4.69, 9.17) is 0 Å². The molecule has 0 bridgehead atoms. The molecule has 1 fully saturated rings. The zero-order chi connectivity index (χ0) is 19.2. The fraction of sp³-hybridized carbons (Fsp3) is 0.333. The Hall–Kier alpha value is -1.89. The molecule has 0 radical (unpaired) electrons. The van der Waals surface area contributed by atoms with Crippen LogP contribution >= 0.6 is 28.3 Å². The van der Waals surface area contributed by atoms with Crippen molar-refractivity contribution in [1.82, 2.24) is 15.1 Å². The first-order valence-electron chi connectivity index (χ1n) is 9.07. The first-order chi connectivity index (χ1) is 13.0. The average molecular weight is 467 g/mol. The molecule has 0 saturated carbocycles. The number of piperazine rings is 1. The molecule has 1 aliphatic rings. The lowest BCUT2D eigenvalue weighted by Gasteiger charge is -2.33. The molecule has 1 N–H and O–H groups in total. The van der Waals surface area contributed by atoms with E-state index in [2.05, 4.69) is 21.2 Å². The second-order valence-electron chi connectivity index (χ2n) is 6.84. The van der Waals surface area contributed by atoms with Crippen LogP contribution in [0.25, 0.3) is 0 Å². The minimum Gasteiger partial charge on any atom is -0.341 e. The standard InChI is InChI=1S/C21H24BrN3O2.ClH/c1-24(14-16-6-3-2-4-7-16)20(26)13-19-21(27)25(11-10-23-19)15-17-8-5-9-18(22)12-17;/h2-9,12,19,23H,10-11,13-15H2,1H3;1H. The SMILES string of the molecule is CN(Cc1ccccc1)C(=O)CC1NCCN(Cc2cccc(Br)c2)C1=O.Cl. The van der Waals surface area contributed by atoms with Crippen molar-refractivity contribution in [3.8, 4) is 0 Å². The topological polar surface area (TPSA) is 52.7 Å². The normalized spacial score (nSPS) is 16.4. The van der Waals surface area contributed by atoms with Gasteiger partial charge in [0.2, 0.25) is 11.8 Å². The zero-order valence-electron chi connectivity index (χ0n) is 15.8. The molecular weight excluding hydrogens is 442 g/mol. The summed E-state index contributed by atoms with van der Waals surface area (Å²) in [6.45, 7) is 2.45. The molecule has 2 aromatic rings. The van der Waals surface area contributed by atoms with Crippen LogP contribution in [-0.2, 0) is 22.7 Å². The molecule has 3 rings (SSSR count). The Morgan fingerprint density at radius 2 is 1.89 bits per heavy atom. The van der Waals surface area contributed by atoms with Crippen molar-refractivity contribution in [3.63, 3.8) is 0 Å². The zero-order valence-corrected chi connectivity index (χ0v) is 18.2. The Morgan fingerprint density at radius 1 is 1.18 bits per heavy atom. The van der Waals surface area contributed by atoms with Gasteiger partial charge in [-0.25, -0.2) is 0 Å². The molecule has 150 valence electrons. The molecule has 7 heteroatoms. The van der Waals surface area contributed by atoms with Crippen molar-refractivity contribution in [3.05, 3.63) is 70.2 Å². The monoisotopic (exact) mass is 465 g/mol. The Kier molecular flexibility index (Phi) is 8.48. The largest absolute Gasteiger partial charge is 0.341 e. The highest BCUT2D eigenvalue weighted by Gasteiger charge is 2.30. The number of carbonyl (C=O) groups excluding carboxylic acids is 2. The number of amides is 2. The molecule has 1 unspecified atom stereocenters. The summed E-state index contributed by atoms with van der Waals surface area (Å²) in [5.74, 6) is -0.0447. The van der Waals surface area contributed by atoms with E-state index in [-0.39, 0.29) is 30.6 Å². The van der Waals surface area contributed by atoms with Gasteiger partial charge in [0, 0.05) is 37.7 Å². The average Bonchev–Trinajstić information content (AvgIpc) is 2.66. The van der Waals surface area contributed by atoms with Crippen molar-refractivity contribution in [1.29, 1.82) is 0 Å². The third-order valence-corrected chi connectivity index (χ3v) is 5.21. The van der Waals surface area contributed by atoms with Gasteiger partial charge in [-0.1, -0.05) is 58.4 Å². The highest BCUT2D eigenvalue weighted by molar-refractivity contribution is 9.10. The van der Waals surface area contributed by atoms with Gasteiger partial charge in [0.05, 0.1) is 12.5 Å². The van der Waals surface area contributed by atoms with Crippen LogP contribution in [0.2, 0.25) is 0 Å². The van der Waals surface area contributed by atoms with Gasteiger partial charge < -0.3 is 15.1 Å². The van der Waals surface area contributed by atoms with Crippen LogP contribution in [0.15, 0.2) is 59.1 Å². The Balaban J connectivity index is 0.00000280. The minimum absolute atomic E-state index is 0. The maximum atomic E-state index is 12.8. The molecule has 2 aromatic carbocycles. The molecule has 2 amide bonds. The molecule has 1 aliphatic heterocycles. The summed E-state index contributed by atoms with van der Waals surface area (Å²) in [4.78, 5) is 28.9. The molecule has 5 nitrogen and oxygen atoms in total. The molecule has 0 aromatic heterocycles. The summed E-state index contributed by atoms with van der Waals surface area (Å²) in [6.07, 6.45) is 0.178. The van der Waals surface area contributed by atoms with Crippen molar-refractivity contribution >= 4 is 40.2 Å². The number of halogens is 2. The third kappa shape index (κ3) is 6.06. The van der Waals surface area contributed by atoms with E-state index in [1.54, 1.807) is 11.9 Å². The van der Waals surface area contributed by atoms with Gasteiger partial charge in [-0.2, -0.15) is 0 Å². The fourth-order valence-corrected chi connectivity index (χ4v) is 3.69. The number of hydrogen-bond acceptors (Lipinski definition) is 3. The summed E-state index contributed by atoms with van der Waals surface area (Å²) < 4.78 is 0.997. The van der Waals surface area contributed by atoms with Crippen LogP contribution in [0.1, 0.15) is 17.5 Å². The lowest BCUT2D eigenvalue weighted by atomic mass is 10.1. The number of nitrogens with zero attached hydrogens (tertiary/aromatic N) is 2. The van der Waals surface area contributed by atoms with E-state index < -0.39 is 6.04 Å². The van der Waals surface area contributed by atoms with Crippen LogP contribution in [-0.4, -0.2) is 47.8 Å². The van der Waals surface area contributed by atoms with Gasteiger partial charge in [-0.05, 0) is 23.3 Å². The van der Waals surface area contributed by atoms with Gasteiger partial charge in [0.15, 0.2) is 0 Å². The highest BCUT2D eigenvalue weighted by atomic mass is 79.9. The smallest absolute Gasteiger partial charge is 0.240 e. The van der Waals surface area contributed by atoms with Crippen LogP contribution in [0, 0.1) is 0 Å². The van der Waals surface area contributed by atoms with Crippen LogP contribution in [0.3, 0.4) is 0 Å². The van der Waals surface area contributed by atoms with Crippen molar-refractivity contribution in [2.24, 2.45) is 0 Å². The van der Waals surface area contributed by atoms with Gasteiger partial charge in [-0.15, -0.1) is 12.4 Å². The maximum absolute atomic E-state index is 12.8. The van der Waals surface area contributed by atoms with E-state index in [0.29, 0.717) is 26.2 Å². The Bertz CT molecular complexity index is 803. The predicted molar refractivity (Wildman–Crippen MR) is 116 cm³/mol. The Morgan fingerprint density at radius 3 is 2.61 bits per heavy atom. The number of carbonyl (C=O) groups is 2. The Labute approximate surface area is 180 Å². The van der Waals surface area contributed by atoms with E-state index >= 15 is 0 Å². The third-order valence-electron chi connectivity index (χ3n) is 4.71. The number of nitrogens with one attached hydrogen (secondary N) is 1. The first-order valence-corrected chi connectivity index (χ1v) is 9.87. The first kappa shape index (κ1) is 22.4. The minimum atomic E-state index is -0.461. The van der Waals surface area contributed by atoms with Gasteiger partial charge in [0.1, 0.15) is 0 Å². The van der Waals surface area contributed by atoms with Crippen molar-refractivity contribution < 1.29 is 9.59 Å². The van der Waals surface area contributed by atoms with E-state index in [1.807, 2.05) is 59.5 Å². The number of benzene rings is 2. The molecule has 1 saturated heterocycles. The summed E-state index contributed by atoms with van der Waals surface area (Å²) in [5.41, 5.74) is 2.15. The lowest BCUT2D eigenvalue weighted by molar-refractivity contribution is -0.141. The van der Waals surface area contributed by atoms with E-state index in [9.17, 15) is 9.59 Å². The fourth-order valence-electron chi connectivity index (χ4n) is 3.24. The van der Waals surface area contributed by atoms with Crippen molar-refractivity contribution in [2.75, 3.05) is 20.1 Å². The predicted octanol–water partition coefficient (Wildman–Crippen LogP) is 3.22. The summed E-state index contributed by atoms with van der Waals surface area (Å²) >= 11 is 3.46. The van der Waals surface area contributed by atoms with Crippen LogP contribution in [0.5, 0.6) is 0 Å². The van der Waals surface area contributed by atoms with Gasteiger partial charge in [-0.3, -0.25) is 9.59 Å². The second kappa shape index (κ2) is 10.6. The number of rotatable bonds is 6. The maximum Gasteiger partial charge on any atom is 0.240 e. The summed E-state index contributed by atoms with van der Waals surface area (Å²) in [5, 5.41) is 3.20. The summed E-state index contributed by atoms with van der Waals surface area (Å²) in [7, 11) is 1.78. The number of hydrogen-bond donors (Lipinski definition) is 1. The van der Waals surface area contributed by atoms with E-state index in [0.717, 1.165) is 15.6 Å². The molecule has 1 heterocycles. The quantitative estimate of drug-likeness (QED) is 0.711.